The number of carbonyl (C=O) groups is 4. The molecular weight excluding hydrogens is 658 g/mol. The number of aromatic nitrogens is 1. The van der Waals surface area contributed by atoms with E-state index >= 15 is 0 Å². The predicted molar refractivity (Wildman–Crippen MR) is 199 cm³/mol. The van der Waals surface area contributed by atoms with Crippen molar-refractivity contribution < 1.29 is 28.7 Å². The third-order valence-electron chi connectivity index (χ3n) is 10.3. The summed E-state index contributed by atoms with van der Waals surface area (Å²) in [5.74, 6) is -0.920. The number of aromatic amines is 1. The van der Waals surface area contributed by atoms with Gasteiger partial charge in [0.15, 0.2) is 11.5 Å². The average molecular weight is 708 g/mol. The maximum Gasteiger partial charge on any atom is 0.270 e. The Morgan fingerprint density at radius 3 is 2.33 bits per heavy atom. The molecule has 0 aliphatic carbocycles. The van der Waals surface area contributed by atoms with Crippen LogP contribution >= 0.6 is 0 Å². The van der Waals surface area contributed by atoms with Gasteiger partial charge in [-0.3, -0.25) is 19.2 Å². The van der Waals surface area contributed by atoms with Crippen molar-refractivity contribution in [2.24, 2.45) is 17.8 Å². The van der Waals surface area contributed by atoms with Crippen molar-refractivity contribution in [3.05, 3.63) is 95.2 Å². The lowest BCUT2D eigenvalue weighted by molar-refractivity contribution is -0.133. The molecular formula is C41H49N5O6. The molecule has 0 bridgehead atoms. The minimum atomic E-state index is -0.736. The number of methoxy groups -OCH3 is 1. The molecule has 3 aromatic carbocycles. The molecule has 2 aliphatic heterocycles. The van der Waals surface area contributed by atoms with Crippen LogP contribution in [0.5, 0.6) is 11.5 Å². The van der Waals surface area contributed by atoms with E-state index in [1.54, 1.807) is 35.0 Å². The number of nitrogens with zero attached hydrogens (tertiary/aromatic N) is 2. The molecule has 2 fully saturated rings. The molecule has 4 atom stereocenters. The van der Waals surface area contributed by atoms with Crippen molar-refractivity contribution in [1.29, 1.82) is 0 Å². The molecule has 3 heterocycles. The number of hydrogen-bond donors (Lipinski definition) is 3. The minimum absolute atomic E-state index is 0.0638. The van der Waals surface area contributed by atoms with E-state index in [0.717, 1.165) is 28.5 Å². The molecule has 52 heavy (non-hydrogen) atoms. The Morgan fingerprint density at radius 1 is 0.885 bits per heavy atom. The average Bonchev–Trinajstić information content (AvgIpc) is 3.79. The molecule has 0 spiro atoms. The summed E-state index contributed by atoms with van der Waals surface area (Å²) in [7, 11) is 3.10. The first-order valence-corrected chi connectivity index (χ1v) is 18.1. The van der Waals surface area contributed by atoms with E-state index in [9.17, 15) is 19.2 Å². The van der Waals surface area contributed by atoms with Crippen LogP contribution in [-0.2, 0) is 16.0 Å². The highest BCUT2D eigenvalue weighted by Crippen LogP contribution is 2.38. The summed E-state index contributed by atoms with van der Waals surface area (Å²) in [6, 6.07) is 22.2. The number of nitrogens with one attached hydrogen (secondary N) is 3. The normalized spacial score (nSPS) is 18.9. The van der Waals surface area contributed by atoms with E-state index in [1.807, 2.05) is 75.4 Å². The number of likely N-dealkylation sites (tertiary alicyclic amines) is 2. The smallest absolute Gasteiger partial charge is 0.270 e. The summed E-state index contributed by atoms with van der Waals surface area (Å²) in [5.41, 5.74) is 4.00. The van der Waals surface area contributed by atoms with Gasteiger partial charge in [0.25, 0.3) is 11.8 Å². The van der Waals surface area contributed by atoms with Gasteiger partial charge in [-0.1, -0.05) is 48.5 Å². The summed E-state index contributed by atoms with van der Waals surface area (Å²) in [5, 5.41) is 6.69. The van der Waals surface area contributed by atoms with E-state index < -0.39 is 12.0 Å². The van der Waals surface area contributed by atoms with Gasteiger partial charge in [0.05, 0.1) is 19.1 Å². The number of likely N-dealkylation sites (N-methyl/N-ethyl adjacent to an activating group) is 1. The molecule has 11 nitrogen and oxygen atoms in total. The van der Waals surface area contributed by atoms with E-state index in [-0.39, 0.29) is 48.1 Å². The van der Waals surface area contributed by atoms with Crippen LogP contribution in [0.1, 0.15) is 58.7 Å². The standard InChI is InChI=1S/C41H49N5O6/c1-25(2)52-35-18-17-29(20-36(35)51-5)40(49)45-21-30-22-46(41(50)34-19-28-15-9-11-26(3)37(28)43-34)24-32(31(30)23-45)38(47)44-33(39(48)42-4)16-10-14-27-12-7-6-8-13-27/h6-9,11-13,15,17-20,25,30-33,43H,10,14,16,21-24H2,1-5H3,(H,42,48)(H,44,47)/t30?,31?,32?,33-/m0/s1. The predicted octanol–water partition coefficient (Wildman–Crippen LogP) is 4.99. The van der Waals surface area contributed by atoms with E-state index in [2.05, 4.69) is 15.6 Å². The van der Waals surface area contributed by atoms with Gasteiger partial charge in [0.1, 0.15) is 11.7 Å². The molecule has 0 saturated carbocycles. The minimum Gasteiger partial charge on any atom is -0.493 e. The number of amides is 4. The van der Waals surface area contributed by atoms with Crippen LogP contribution in [0.4, 0.5) is 0 Å². The summed E-state index contributed by atoms with van der Waals surface area (Å²) >= 11 is 0. The lowest BCUT2D eigenvalue weighted by Gasteiger charge is -2.39. The second-order valence-electron chi connectivity index (χ2n) is 14.3. The maximum atomic E-state index is 14.3. The first kappa shape index (κ1) is 36.5. The molecule has 0 radical (unpaired) electrons. The Hall–Kier alpha value is -5.32. The van der Waals surface area contributed by atoms with Gasteiger partial charge in [-0.15, -0.1) is 0 Å². The number of carbonyl (C=O) groups excluding carboxylic acids is 4. The van der Waals surface area contributed by atoms with Gasteiger partial charge in [-0.25, -0.2) is 0 Å². The fraction of sp³-hybridized carbons (Fsp3) is 0.415. The largest absolute Gasteiger partial charge is 0.493 e. The highest BCUT2D eigenvalue weighted by atomic mass is 16.5. The molecule has 274 valence electrons. The van der Waals surface area contributed by atoms with Gasteiger partial charge in [-0.2, -0.15) is 0 Å². The Morgan fingerprint density at radius 2 is 1.63 bits per heavy atom. The molecule has 4 aromatic rings. The number of para-hydroxylation sites is 1. The highest BCUT2D eigenvalue weighted by molar-refractivity contribution is 5.99. The first-order valence-electron chi connectivity index (χ1n) is 18.1. The van der Waals surface area contributed by atoms with Crippen molar-refractivity contribution in [2.45, 2.75) is 52.2 Å². The van der Waals surface area contributed by atoms with Crippen LogP contribution in [0, 0.1) is 24.7 Å². The van der Waals surface area contributed by atoms with Crippen molar-refractivity contribution in [2.75, 3.05) is 40.3 Å². The van der Waals surface area contributed by atoms with Crippen LogP contribution in [0.15, 0.2) is 72.8 Å². The number of rotatable bonds is 12. The van der Waals surface area contributed by atoms with E-state index in [1.165, 1.54) is 7.11 Å². The Balaban J connectivity index is 1.24. The second kappa shape index (κ2) is 15.9. The van der Waals surface area contributed by atoms with Crippen molar-refractivity contribution >= 4 is 34.5 Å². The molecule has 3 unspecified atom stereocenters. The molecule has 3 N–H and O–H groups in total. The van der Waals surface area contributed by atoms with Gasteiger partial charge in [-0.05, 0) is 87.3 Å². The van der Waals surface area contributed by atoms with Gasteiger partial charge in [0, 0.05) is 49.7 Å². The van der Waals surface area contributed by atoms with Crippen LogP contribution in [-0.4, -0.2) is 90.9 Å². The van der Waals surface area contributed by atoms with E-state index in [4.69, 9.17) is 9.47 Å². The lowest BCUT2D eigenvalue weighted by atomic mass is 9.79. The van der Waals surface area contributed by atoms with E-state index in [0.29, 0.717) is 55.2 Å². The molecule has 6 rings (SSSR count). The maximum absolute atomic E-state index is 14.3. The van der Waals surface area contributed by atoms with Gasteiger partial charge >= 0.3 is 0 Å². The zero-order chi connectivity index (χ0) is 36.9. The van der Waals surface area contributed by atoms with Crippen molar-refractivity contribution in [3.8, 4) is 11.5 Å². The zero-order valence-electron chi connectivity index (χ0n) is 30.6. The molecule has 2 aliphatic rings. The molecule has 1 aromatic heterocycles. The molecule has 11 heteroatoms. The SMILES string of the molecule is CNC(=O)[C@H](CCCc1ccccc1)NC(=O)C1CN(C(=O)c2cc3cccc(C)c3[nH]2)CC2CN(C(=O)c3ccc(OC(C)C)c(OC)c3)CC21. The highest BCUT2D eigenvalue weighted by Gasteiger charge is 2.48. The fourth-order valence-corrected chi connectivity index (χ4v) is 7.69. The number of aryl methyl sites for hydroxylation is 2. The van der Waals surface area contributed by atoms with Crippen LogP contribution < -0.4 is 20.1 Å². The third kappa shape index (κ3) is 7.93. The number of piperidine rings is 1. The number of fused-ring (bicyclic) bond motifs is 2. The molecule has 2 saturated heterocycles. The van der Waals surface area contributed by atoms with Crippen LogP contribution in [0.25, 0.3) is 10.9 Å². The first-order chi connectivity index (χ1) is 25.1. The zero-order valence-corrected chi connectivity index (χ0v) is 30.6. The van der Waals surface area contributed by atoms with Gasteiger partial charge in [0.2, 0.25) is 11.8 Å². The Kier molecular flexibility index (Phi) is 11.2. The summed E-state index contributed by atoms with van der Waals surface area (Å²) < 4.78 is 11.4. The summed E-state index contributed by atoms with van der Waals surface area (Å²) in [6.45, 7) is 7.13. The third-order valence-corrected chi connectivity index (χ3v) is 10.3. The number of ether oxygens (including phenoxy) is 2. The van der Waals surface area contributed by atoms with Crippen LogP contribution in [0.3, 0.4) is 0 Å². The summed E-state index contributed by atoms with van der Waals surface area (Å²) in [4.78, 5) is 62.2. The van der Waals surface area contributed by atoms with Crippen LogP contribution in [0.2, 0.25) is 0 Å². The second-order valence-corrected chi connectivity index (χ2v) is 14.3. The number of H-pyrrole nitrogens is 1. The topological polar surface area (TPSA) is 133 Å². The lowest BCUT2D eigenvalue weighted by Crippen LogP contribution is -2.56. The molecule has 4 amide bonds. The number of hydrogen-bond acceptors (Lipinski definition) is 6. The van der Waals surface area contributed by atoms with Gasteiger partial charge < -0.3 is 34.9 Å². The Bertz CT molecular complexity index is 1920. The van der Waals surface area contributed by atoms with Crippen molar-refractivity contribution in [3.63, 3.8) is 0 Å². The number of benzene rings is 3. The Labute approximate surface area is 305 Å². The summed E-state index contributed by atoms with van der Waals surface area (Å²) in [6.07, 6.45) is 1.88. The fourth-order valence-electron chi connectivity index (χ4n) is 7.69. The monoisotopic (exact) mass is 707 g/mol. The quantitative estimate of drug-likeness (QED) is 0.190. The van der Waals surface area contributed by atoms with Crippen molar-refractivity contribution in [1.82, 2.24) is 25.4 Å².